The lowest BCUT2D eigenvalue weighted by Gasteiger charge is -2.25. The summed E-state index contributed by atoms with van der Waals surface area (Å²) >= 11 is 0. The molecular formula is C26H23NO5. The Balaban J connectivity index is 1.94. The molecule has 0 saturated carbocycles. The first-order chi connectivity index (χ1) is 15.3. The van der Waals surface area contributed by atoms with Gasteiger partial charge in [0.1, 0.15) is 17.3 Å². The average molecular weight is 429 g/mol. The number of phenolic OH excluding ortho intramolecular Hbond substituents is 1. The van der Waals surface area contributed by atoms with Crippen LogP contribution in [-0.4, -0.2) is 29.0 Å². The number of carbonyl (C=O) groups is 2. The van der Waals surface area contributed by atoms with Gasteiger partial charge in [0.15, 0.2) is 0 Å². The third-order valence-corrected chi connectivity index (χ3v) is 5.76. The molecule has 6 heteroatoms. The third-order valence-electron chi connectivity index (χ3n) is 5.76. The fourth-order valence-corrected chi connectivity index (χ4v) is 3.90. The van der Waals surface area contributed by atoms with E-state index in [0.29, 0.717) is 22.6 Å². The Morgan fingerprint density at radius 3 is 2.28 bits per heavy atom. The fourth-order valence-electron chi connectivity index (χ4n) is 3.90. The molecule has 0 bridgehead atoms. The lowest BCUT2D eigenvalue weighted by molar-refractivity contribution is -0.132. The van der Waals surface area contributed by atoms with Crippen LogP contribution in [0.5, 0.6) is 11.5 Å². The molecule has 6 nitrogen and oxygen atoms in total. The van der Waals surface area contributed by atoms with Crippen molar-refractivity contribution in [2.24, 2.45) is 0 Å². The molecule has 1 atom stereocenters. The molecule has 1 heterocycles. The minimum atomic E-state index is -0.905. The molecule has 0 radical (unpaired) electrons. The van der Waals surface area contributed by atoms with Crippen molar-refractivity contribution in [3.63, 3.8) is 0 Å². The first kappa shape index (κ1) is 21.2. The van der Waals surface area contributed by atoms with Gasteiger partial charge in [0.05, 0.1) is 18.7 Å². The lowest BCUT2D eigenvalue weighted by atomic mass is 9.94. The molecular weight excluding hydrogens is 406 g/mol. The van der Waals surface area contributed by atoms with E-state index in [1.165, 1.54) is 24.1 Å². The number of carbonyl (C=O) groups excluding carboxylic acids is 2. The number of aryl methyl sites for hydroxylation is 2. The molecule has 4 rings (SSSR count). The van der Waals surface area contributed by atoms with Gasteiger partial charge in [-0.05, 0) is 73.0 Å². The van der Waals surface area contributed by atoms with Crippen molar-refractivity contribution >= 4 is 23.1 Å². The van der Waals surface area contributed by atoms with Crippen LogP contribution >= 0.6 is 0 Å². The summed E-state index contributed by atoms with van der Waals surface area (Å²) in [4.78, 5) is 27.6. The standard InChI is InChI=1S/C26H23NO5/c1-15-7-8-18(13-16(15)2)24(29)22-23(17-5-4-6-20(28)14-17)27(26(31)25(22)30)19-9-11-21(32-3)12-10-19/h4-14,23,28-29H,1-3H3/b24-22-. The molecule has 1 fully saturated rings. The number of aliphatic hydroxyl groups excluding tert-OH is 1. The van der Waals surface area contributed by atoms with Crippen LogP contribution in [0.4, 0.5) is 5.69 Å². The van der Waals surface area contributed by atoms with Crippen LogP contribution in [0.1, 0.15) is 28.3 Å². The average Bonchev–Trinajstić information content (AvgIpc) is 3.06. The maximum absolute atomic E-state index is 13.2. The molecule has 1 unspecified atom stereocenters. The molecule has 2 N–H and O–H groups in total. The van der Waals surface area contributed by atoms with E-state index in [-0.39, 0.29) is 17.1 Å². The Morgan fingerprint density at radius 2 is 1.66 bits per heavy atom. The number of nitrogens with zero attached hydrogens (tertiary/aromatic N) is 1. The second-order valence-electron chi connectivity index (χ2n) is 7.76. The van der Waals surface area contributed by atoms with E-state index in [1.807, 2.05) is 19.9 Å². The van der Waals surface area contributed by atoms with E-state index >= 15 is 0 Å². The maximum Gasteiger partial charge on any atom is 0.300 e. The Labute approximate surface area is 186 Å². The minimum absolute atomic E-state index is 0.00556. The molecule has 1 amide bonds. The van der Waals surface area contributed by atoms with E-state index in [0.717, 1.165) is 11.1 Å². The van der Waals surface area contributed by atoms with Crippen LogP contribution in [0.15, 0.2) is 72.3 Å². The normalized spacial score (nSPS) is 17.6. The number of ketones is 1. The summed E-state index contributed by atoms with van der Waals surface area (Å²) in [6.45, 7) is 3.86. The number of aromatic hydroxyl groups is 1. The SMILES string of the molecule is COc1ccc(N2C(=O)C(=O)/C(=C(\O)c3ccc(C)c(C)c3)C2c2cccc(O)c2)cc1. The largest absolute Gasteiger partial charge is 0.508 e. The maximum atomic E-state index is 13.2. The molecule has 162 valence electrons. The molecule has 3 aromatic carbocycles. The predicted molar refractivity (Wildman–Crippen MR) is 122 cm³/mol. The van der Waals surface area contributed by atoms with Gasteiger partial charge < -0.3 is 14.9 Å². The number of rotatable bonds is 4. The summed E-state index contributed by atoms with van der Waals surface area (Å²) < 4.78 is 5.19. The Hall–Kier alpha value is -4.06. The highest BCUT2D eigenvalue weighted by atomic mass is 16.5. The second kappa shape index (κ2) is 8.23. The molecule has 1 aliphatic rings. The summed E-state index contributed by atoms with van der Waals surface area (Å²) in [6, 6.07) is 17.5. The Kier molecular flexibility index (Phi) is 5.45. The van der Waals surface area contributed by atoms with Crippen LogP contribution in [0.3, 0.4) is 0 Å². The summed E-state index contributed by atoms with van der Waals surface area (Å²) in [7, 11) is 1.54. The number of anilines is 1. The van der Waals surface area contributed by atoms with Gasteiger partial charge in [-0.1, -0.05) is 24.3 Å². The summed E-state index contributed by atoms with van der Waals surface area (Å²) in [5.74, 6) is -1.20. The Morgan fingerprint density at radius 1 is 0.938 bits per heavy atom. The van der Waals surface area contributed by atoms with Gasteiger partial charge in [-0.3, -0.25) is 14.5 Å². The first-order valence-corrected chi connectivity index (χ1v) is 10.1. The van der Waals surface area contributed by atoms with Crippen molar-refractivity contribution < 1.29 is 24.5 Å². The number of phenols is 1. The number of ether oxygens (including phenoxy) is 1. The van der Waals surface area contributed by atoms with Crippen molar-refractivity contribution in [2.75, 3.05) is 12.0 Å². The number of amides is 1. The van der Waals surface area contributed by atoms with Crippen LogP contribution < -0.4 is 9.64 Å². The van der Waals surface area contributed by atoms with Crippen LogP contribution in [0.2, 0.25) is 0 Å². The fraction of sp³-hybridized carbons (Fsp3) is 0.154. The molecule has 1 aliphatic heterocycles. The highest BCUT2D eigenvalue weighted by Crippen LogP contribution is 2.43. The van der Waals surface area contributed by atoms with Crippen molar-refractivity contribution in [3.05, 3.63) is 94.6 Å². The Bertz CT molecular complexity index is 1240. The van der Waals surface area contributed by atoms with Gasteiger partial charge >= 0.3 is 0 Å². The van der Waals surface area contributed by atoms with Crippen molar-refractivity contribution in [3.8, 4) is 11.5 Å². The number of hydrogen-bond acceptors (Lipinski definition) is 5. The van der Waals surface area contributed by atoms with Gasteiger partial charge in [0, 0.05) is 11.3 Å². The summed E-state index contributed by atoms with van der Waals surface area (Å²) in [5, 5.41) is 21.2. The monoisotopic (exact) mass is 429 g/mol. The van der Waals surface area contributed by atoms with Crippen molar-refractivity contribution in [2.45, 2.75) is 19.9 Å². The smallest absolute Gasteiger partial charge is 0.300 e. The highest BCUT2D eigenvalue weighted by molar-refractivity contribution is 6.51. The zero-order valence-corrected chi connectivity index (χ0v) is 18.0. The lowest BCUT2D eigenvalue weighted by Crippen LogP contribution is -2.29. The molecule has 3 aromatic rings. The number of methoxy groups -OCH3 is 1. The molecule has 32 heavy (non-hydrogen) atoms. The summed E-state index contributed by atoms with van der Waals surface area (Å²) in [5.41, 5.74) is 3.40. The quantitative estimate of drug-likeness (QED) is 0.358. The van der Waals surface area contributed by atoms with Gasteiger partial charge in [0.25, 0.3) is 11.7 Å². The minimum Gasteiger partial charge on any atom is -0.508 e. The topological polar surface area (TPSA) is 87.1 Å². The summed E-state index contributed by atoms with van der Waals surface area (Å²) in [6.07, 6.45) is 0. The number of aliphatic hydroxyl groups is 1. The van der Waals surface area contributed by atoms with E-state index < -0.39 is 17.7 Å². The zero-order valence-electron chi connectivity index (χ0n) is 18.0. The van der Waals surface area contributed by atoms with Gasteiger partial charge in [-0.15, -0.1) is 0 Å². The second-order valence-corrected chi connectivity index (χ2v) is 7.76. The molecule has 1 saturated heterocycles. The van der Waals surface area contributed by atoms with Crippen molar-refractivity contribution in [1.82, 2.24) is 0 Å². The molecule has 0 aliphatic carbocycles. The predicted octanol–water partition coefficient (Wildman–Crippen LogP) is 4.64. The van der Waals surface area contributed by atoms with Crippen LogP contribution in [0.25, 0.3) is 5.76 Å². The molecule has 0 spiro atoms. The number of hydrogen-bond donors (Lipinski definition) is 2. The third kappa shape index (κ3) is 3.60. The first-order valence-electron chi connectivity index (χ1n) is 10.1. The zero-order chi connectivity index (χ0) is 23.0. The van der Waals surface area contributed by atoms with Gasteiger partial charge in [-0.2, -0.15) is 0 Å². The van der Waals surface area contributed by atoms with E-state index in [1.54, 1.807) is 48.5 Å². The van der Waals surface area contributed by atoms with Gasteiger partial charge in [0.2, 0.25) is 0 Å². The molecule has 0 aromatic heterocycles. The van der Waals surface area contributed by atoms with Crippen LogP contribution in [0, 0.1) is 13.8 Å². The number of benzene rings is 3. The highest BCUT2D eigenvalue weighted by Gasteiger charge is 2.47. The van der Waals surface area contributed by atoms with Gasteiger partial charge in [-0.25, -0.2) is 0 Å². The van der Waals surface area contributed by atoms with E-state index in [2.05, 4.69) is 0 Å². The van der Waals surface area contributed by atoms with Crippen molar-refractivity contribution in [1.29, 1.82) is 0 Å². The van der Waals surface area contributed by atoms with E-state index in [9.17, 15) is 19.8 Å². The van der Waals surface area contributed by atoms with E-state index in [4.69, 9.17) is 4.74 Å². The number of Topliss-reactive ketones (excluding diaryl/α,β-unsaturated/α-hetero) is 1. The van der Waals surface area contributed by atoms with Crippen LogP contribution in [-0.2, 0) is 9.59 Å².